The predicted molar refractivity (Wildman–Crippen MR) is 70.6 cm³/mol. The number of nitrogens with one attached hydrogen (secondary N) is 1. The molecular weight excluding hydrogens is 230 g/mol. The van der Waals surface area contributed by atoms with Crippen LogP contribution in [-0.2, 0) is 9.59 Å². The second kappa shape index (κ2) is 5.49. The van der Waals surface area contributed by atoms with Gasteiger partial charge in [0.25, 0.3) is 5.91 Å². The van der Waals surface area contributed by atoms with Crippen LogP contribution in [0.4, 0.5) is 5.69 Å². The molecule has 4 nitrogen and oxygen atoms in total. The first-order chi connectivity index (χ1) is 8.32. The zero-order chi connectivity index (χ0) is 13.9. The molecule has 18 heavy (non-hydrogen) atoms. The molecule has 0 atom stereocenters. The standard InChI is InChI=1S/C14H17NO3/c1-8-5-6-9(2)12(7-8)15-13(16)10(3)11(4)14(17)18/h5-7H,1-4H3,(H,15,16)(H,17,18). The van der Waals surface area contributed by atoms with E-state index in [9.17, 15) is 9.59 Å². The molecule has 0 radical (unpaired) electrons. The Bertz CT molecular complexity index is 530. The highest BCUT2D eigenvalue weighted by molar-refractivity contribution is 6.08. The Balaban J connectivity index is 2.98. The molecule has 0 unspecified atom stereocenters. The molecule has 0 fully saturated rings. The van der Waals surface area contributed by atoms with E-state index in [-0.39, 0.29) is 17.1 Å². The quantitative estimate of drug-likeness (QED) is 0.807. The number of amides is 1. The van der Waals surface area contributed by atoms with E-state index in [1.165, 1.54) is 13.8 Å². The van der Waals surface area contributed by atoms with Crippen LogP contribution in [-0.4, -0.2) is 17.0 Å². The molecule has 0 spiro atoms. The van der Waals surface area contributed by atoms with Crippen LogP contribution < -0.4 is 5.32 Å². The van der Waals surface area contributed by atoms with E-state index >= 15 is 0 Å². The first-order valence-corrected chi connectivity index (χ1v) is 5.62. The summed E-state index contributed by atoms with van der Waals surface area (Å²) in [4.78, 5) is 22.7. The highest BCUT2D eigenvalue weighted by Gasteiger charge is 2.13. The third kappa shape index (κ3) is 3.20. The molecule has 1 aromatic rings. The third-order valence-electron chi connectivity index (χ3n) is 2.87. The van der Waals surface area contributed by atoms with E-state index in [0.29, 0.717) is 5.69 Å². The van der Waals surface area contributed by atoms with Crippen LogP contribution in [0.2, 0.25) is 0 Å². The molecule has 0 aliphatic heterocycles. The molecule has 0 aromatic heterocycles. The molecule has 4 heteroatoms. The summed E-state index contributed by atoms with van der Waals surface area (Å²) < 4.78 is 0. The van der Waals surface area contributed by atoms with E-state index in [4.69, 9.17) is 5.11 Å². The van der Waals surface area contributed by atoms with Gasteiger partial charge in [0.1, 0.15) is 0 Å². The Kier molecular flexibility index (Phi) is 4.26. The lowest BCUT2D eigenvalue weighted by atomic mass is 10.1. The van der Waals surface area contributed by atoms with Crippen molar-refractivity contribution in [1.29, 1.82) is 0 Å². The minimum atomic E-state index is -1.08. The topological polar surface area (TPSA) is 66.4 Å². The SMILES string of the molecule is CC(C(=O)O)=C(C)C(=O)Nc1cc(C)ccc1C. The summed E-state index contributed by atoms with van der Waals surface area (Å²) in [5, 5.41) is 11.6. The number of carbonyl (C=O) groups excluding carboxylic acids is 1. The number of aliphatic carboxylic acids is 1. The van der Waals surface area contributed by atoms with Gasteiger partial charge in [0, 0.05) is 16.8 Å². The van der Waals surface area contributed by atoms with Crippen molar-refractivity contribution in [2.24, 2.45) is 0 Å². The van der Waals surface area contributed by atoms with Crippen LogP contribution in [0, 0.1) is 13.8 Å². The Morgan fingerprint density at radius 2 is 1.72 bits per heavy atom. The van der Waals surface area contributed by atoms with E-state index in [1.54, 1.807) is 0 Å². The lowest BCUT2D eigenvalue weighted by Crippen LogP contribution is -2.16. The minimum Gasteiger partial charge on any atom is -0.478 e. The predicted octanol–water partition coefficient (Wildman–Crippen LogP) is 2.66. The smallest absolute Gasteiger partial charge is 0.331 e. The van der Waals surface area contributed by atoms with E-state index in [0.717, 1.165) is 11.1 Å². The summed E-state index contributed by atoms with van der Waals surface area (Å²) in [5.41, 5.74) is 2.95. The van der Waals surface area contributed by atoms with Gasteiger partial charge in [-0.3, -0.25) is 4.79 Å². The van der Waals surface area contributed by atoms with Crippen molar-refractivity contribution < 1.29 is 14.7 Å². The molecule has 0 aliphatic rings. The summed E-state index contributed by atoms with van der Waals surface area (Å²) in [5.74, 6) is -1.47. The van der Waals surface area contributed by atoms with Gasteiger partial charge in [-0.25, -0.2) is 4.79 Å². The molecule has 2 N–H and O–H groups in total. The van der Waals surface area contributed by atoms with Crippen LogP contribution in [0.1, 0.15) is 25.0 Å². The number of hydrogen-bond acceptors (Lipinski definition) is 2. The number of anilines is 1. The molecule has 1 aromatic carbocycles. The molecule has 96 valence electrons. The highest BCUT2D eigenvalue weighted by Crippen LogP contribution is 2.17. The normalized spacial score (nSPS) is 11.8. The Morgan fingerprint density at radius 1 is 1.11 bits per heavy atom. The lowest BCUT2D eigenvalue weighted by molar-refractivity contribution is -0.133. The summed E-state index contributed by atoms with van der Waals surface area (Å²) in [6.07, 6.45) is 0. The average Bonchev–Trinajstić information content (AvgIpc) is 2.31. The summed E-state index contributed by atoms with van der Waals surface area (Å²) in [7, 11) is 0. The fourth-order valence-corrected chi connectivity index (χ4v) is 1.42. The van der Waals surface area contributed by atoms with Crippen LogP contribution in [0.15, 0.2) is 29.3 Å². The number of rotatable bonds is 3. The molecule has 0 bridgehead atoms. The maximum absolute atomic E-state index is 11.9. The number of carboxylic acid groups (broad SMARTS) is 1. The molecule has 0 heterocycles. The summed E-state index contributed by atoms with van der Waals surface area (Å²) >= 11 is 0. The number of hydrogen-bond donors (Lipinski definition) is 2. The van der Waals surface area contributed by atoms with Gasteiger partial charge in [0.15, 0.2) is 0 Å². The van der Waals surface area contributed by atoms with Crippen molar-refractivity contribution in [1.82, 2.24) is 0 Å². The maximum Gasteiger partial charge on any atom is 0.331 e. The van der Waals surface area contributed by atoms with Gasteiger partial charge < -0.3 is 10.4 Å². The molecule has 1 rings (SSSR count). The molecule has 0 aliphatic carbocycles. The Hall–Kier alpha value is -2.10. The zero-order valence-electron chi connectivity index (χ0n) is 11.0. The van der Waals surface area contributed by atoms with Gasteiger partial charge in [-0.15, -0.1) is 0 Å². The minimum absolute atomic E-state index is 0.0535. The van der Waals surface area contributed by atoms with Crippen molar-refractivity contribution in [2.75, 3.05) is 5.32 Å². The van der Waals surface area contributed by atoms with Crippen molar-refractivity contribution in [2.45, 2.75) is 27.7 Å². The largest absolute Gasteiger partial charge is 0.478 e. The number of aryl methyl sites for hydroxylation is 2. The number of benzene rings is 1. The molecule has 0 saturated carbocycles. The average molecular weight is 247 g/mol. The highest BCUT2D eigenvalue weighted by atomic mass is 16.4. The van der Waals surface area contributed by atoms with Crippen molar-refractivity contribution in [3.05, 3.63) is 40.5 Å². The maximum atomic E-state index is 11.9. The van der Waals surface area contributed by atoms with E-state index in [2.05, 4.69) is 5.32 Å². The second-order valence-corrected chi connectivity index (χ2v) is 4.33. The number of carboxylic acids is 1. The van der Waals surface area contributed by atoms with Crippen LogP contribution >= 0.6 is 0 Å². The van der Waals surface area contributed by atoms with Crippen molar-refractivity contribution in [3.8, 4) is 0 Å². The van der Waals surface area contributed by atoms with Gasteiger partial charge in [0.2, 0.25) is 0 Å². The molecular formula is C14H17NO3. The van der Waals surface area contributed by atoms with Gasteiger partial charge >= 0.3 is 5.97 Å². The second-order valence-electron chi connectivity index (χ2n) is 4.33. The van der Waals surface area contributed by atoms with Gasteiger partial charge in [0.05, 0.1) is 0 Å². The fraction of sp³-hybridized carbons (Fsp3) is 0.286. The Labute approximate surface area is 106 Å². The monoisotopic (exact) mass is 247 g/mol. The number of carbonyl (C=O) groups is 2. The van der Waals surface area contributed by atoms with E-state index < -0.39 is 5.97 Å². The first kappa shape index (κ1) is 14.0. The summed E-state index contributed by atoms with van der Waals surface area (Å²) in [6.45, 7) is 6.74. The van der Waals surface area contributed by atoms with Crippen molar-refractivity contribution in [3.63, 3.8) is 0 Å². The first-order valence-electron chi connectivity index (χ1n) is 5.62. The van der Waals surface area contributed by atoms with Crippen molar-refractivity contribution >= 4 is 17.6 Å². The van der Waals surface area contributed by atoms with Crippen LogP contribution in [0.25, 0.3) is 0 Å². The van der Waals surface area contributed by atoms with Gasteiger partial charge in [-0.05, 0) is 44.9 Å². The molecule has 1 amide bonds. The zero-order valence-corrected chi connectivity index (χ0v) is 11.0. The van der Waals surface area contributed by atoms with Crippen LogP contribution in [0.3, 0.4) is 0 Å². The van der Waals surface area contributed by atoms with Gasteiger partial charge in [-0.1, -0.05) is 12.1 Å². The van der Waals surface area contributed by atoms with E-state index in [1.807, 2.05) is 32.0 Å². The third-order valence-corrected chi connectivity index (χ3v) is 2.87. The fourth-order valence-electron chi connectivity index (χ4n) is 1.42. The molecule has 0 saturated heterocycles. The van der Waals surface area contributed by atoms with Crippen LogP contribution in [0.5, 0.6) is 0 Å². The lowest BCUT2D eigenvalue weighted by Gasteiger charge is -2.10. The Morgan fingerprint density at radius 3 is 2.28 bits per heavy atom. The summed E-state index contributed by atoms with van der Waals surface area (Å²) in [6, 6.07) is 5.72. The van der Waals surface area contributed by atoms with Gasteiger partial charge in [-0.2, -0.15) is 0 Å².